The Balaban J connectivity index is 1.88. The van der Waals surface area contributed by atoms with Gasteiger partial charge in [0, 0.05) is 18.8 Å². The number of hydrogen-bond acceptors (Lipinski definition) is 6. The van der Waals surface area contributed by atoms with Gasteiger partial charge in [0.15, 0.2) is 11.5 Å². The Bertz CT molecular complexity index is 1150. The van der Waals surface area contributed by atoms with E-state index in [1.807, 2.05) is 19.1 Å². The lowest BCUT2D eigenvalue weighted by Gasteiger charge is -2.20. The average Bonchev–Trinajstić information content (AvgIpc) is 3.24. The van der Waals surface area contributed by atoms with Crippen LogP contribution in [0.2, 0.25) is 0 Å². The summed E-state index contributed by atoms with van der Waals surface area (Å²) in [6, 6.07) is 13.5. The second-order valence-corrected chi connectivity index (χ2v) is 9.30. The van der Waals surface area contributed by atoms with Gasteiger partial charge >= 0.3 is 0 Å². The zero-order valence-corrected chi connectivity index (χ0v) is 18.6. The molecule has 158 valence electrons. The van der Waals surface area contributed by atoms with E-state index in [1.165, 1.54) is 31.6 Å². The second kappa shape index (κ2) is 8.76. The Hall–Kier alpha value is -3.04. The first-order valence-electron chi connectivity index (χ1n) is 8.94. The van der Waals surface area contributed by atoms with Crippen LogP contribution in [0.4, 0.5) is 11.4 Å². The number of aryl methyl sites for hydroxylation is 1. The van der Waals surface area contributed by atoms with Crippen LogP contribution >= 0.6 is 11.3 Å². The summed E-state index contributed by atoms with van der Waals surface area (Å²) in [6.07, 6.45) is 0. The van der Waals surface area contributed by atoms with Crippen molar-refractivity contribution >= 4 is 38.6 Å². The van der Waals surface area contributed by atoms with Crippen LogP contribution < -0.4 is 19.1 Å². The zero-order chi connectivity index (χ0) is 21.9. The van der Waals surface area contributed by atoms with Crippen molar-refractivity contribution in [2.24, 2.45) is 0 Å². The largest absolute Gasteiger partial charge is 0.493 e. The van der Waals surface area contributed by atoms with Crippen molar-refractivity contribution in [2.75, 3.05) is 30.9 Å². The number of sulfonamides is 1. The summed E-state index contributed by atoms with van der Waals surface area (Å²) in [4.78, 5) is 12.9. The summed E-state index contributed by atoms with van der Waals surface area (Å²) in [7, 11) is 0.563. The Labute approximate surface area is 179 Å². The zero-order valence-electron chi connectivity index (χ0n) is 17.0. The van der Waals surface area contributed by atoms with Gasteiger partial charge in [0.2, 0.25) is 0 Å². The lowest BCUT2D eigenvalue weighted by molar-refractivity contribution is 0.102. The molecule has 1 aromatic heterocycles. The Morgan fingerprint density at radius 2 is 1.67 bits per heavy atom. The lowest BCUT2D eigenvalue weighted by Crippen LogP contribution is -2.28. The molecule has 0 radical (unpaired) electrons. The van der Waals surface area contributed by atoms with E-state index in [0.717, 1.165) is 16.9 Å². The predicted octanol–water partition coefficient (Wildman–Crippen LogP) is 4.15. The monoisotopic (exact) mass is 446 g/mol. The highest BCUT2D eigenvalue weighted by atomic mass is 32.2. The van der Waals surface area contributed by atoms with Crippen LogP contribution in [-0.2, 0) is 10.0 Å². The molecule has 3 aromatic rings. The van der Waals surface area contributed by atoms with Gasteiger partial charge in [-0.25, -0.2) is 8.42 Å². The number of ether oxygens (including phenoxy) is 2. The van der Waals surface area contributed by atoms with Gasteiger partial charge in [-0.05, 0) is 42.6 Å². The number of thiophene rings is 1. The topological polar surface area (TPSA) is 84.9 Å². The van der Waals surface area contributed by atoms with Gasteiger partial charge in [-0.2, -0.15) is 0 Å². The van der Waals surface area contributed by atoms with E-state index >= 15 is 0 Å². The maximum atomic E-state index is 13.2. The quantitative estimate of drug-likeness (QED) is 0.589. The number of carbonyl (C=O) groups excluding carboxylic acids is 1. The van der Waals surface area contributed by atoms with E-state index in [9.17, 15) is 13.2 Å². The van der Waals surface area contributed by atoms with Gasteiger partial charge in [0.25, 0.3) is 15.9 Å². The van der Waals surface area contributed by atoms with Gasteiger partial charge in [0.05, 0.1) is 19.9 Å². The van der Waals surface area contributed by atoms with E-state index in [1.54, 1.807) is 35.7 Å². The molecule has 0 aliphatic rings. The van der Waals surface area contributed by atoms with Crippen LogP contribution in [0.15, 0.2) is 58.8 Å². The van der Waals surface area contributed by atoms with Crippen LogP contribution in [0.1, 0.15) is 15.2 Å². The summed E-state index contributed by atoms with van der Waals surface area (Å²) in [5.74, 6) is 0.455. The standard InChI is InChI=1S/C21H22N2O5S2/c1-14-5-8-16(9-6-14)23(2)30(25,26)19-11-12-29-20(19)21(24)22-15-7-10-17(27-3)18(13-15)28-4/h5-13H,1-4H3,(H,22,24). The minimum atomic E-state index is -3.91. The summed E-state index contributed by atoms with van der Waals surface area (Å²) in [5, 5.41) is 4.30. The van der Waals surface area contributed by atoms with Crippen LogP contribution in [0.25, 0.3) is 0 Å². The molecule has 0 saturated heterocycles. The van der Waals surface area contributed by atoms with Crippen molar-refractivity contribution in [1.82, 2.24) is 0 Å². The first kappa shape index (κ1) is 21.7. The highest BCUT2D eigenvalue weighted by molar-refractivity contribution is 7.93. The number of nitrogens with one attached hydrogen (secondary N) is 1. The third-order valence-corrected chi connectivity index (χ3v) is 7.38. The number of benzene rings is 2. The van der Waals surface area contributed by atoms with Crippen LogP contribution in [0.5, 0.6) is 11.5 Å². The summed E-state index contributed by atoms with van der Waals surface area (Å²) in [5.41, 5.74) is 1.99. The molecule has 0 unspecified atom stereocenters. The highest BCUT2D eigenvalue weighted by Crippen LogP contribution is 2.32. The van der Waals surface area contributed by atoms with E-state index in [4.69, 9.17) is 9.47 Å². The lowest BCUT2D eigenvalue weighted by atomic mass is 10.2. The fourth-order valence-corrected chi connectivity index (χ4v) is 5.30. The molecule has 0 aliphatic heterocycles. The van der Waals surface area contributed by atoms with E-state index in [0.29, 0.717) is 22.9 Å². The molecule has 9 heteroatoms. The minimum Gasteiger partial charge on any atom is -0.493 e. The molecule has 3 rings (SSSR count). The van der Waals surface area contributed by atoms with Gasteiger partial charge < -0.3 is 14.8 Å². The van der Waals surface area contributed by atoms with Crippen molar-refractivity contribution in [2.45, 2.75) is 11.8 Å². The number of carbonyl (C=O) groups is 1. The number of hydrogen-bond donors (Lipinski definition) is 1. The maximum Gasteiger partial charge on any atom is 0.267 e. The average molecular weight is 447 g/mol. The second-order valence-electron chi connectivity index (χ2n) is 6.45. The minimum absolute atomic E-state index is 0.0476. The van der Waals surface area contributed by atoms with Gasteiger partial charge in [0.1, 0.15) is 9.77 Å². The van der Waals surface area contributed by atoms with Crippen molar-refractivity contribution in [3.05, 3.63) is 64.4 Å². The first-order valence-corrected chi connectivity index (χ1v) is 11.3. The number of nitrogens with zero attached hydrogens (tertiary/aromatic N) is 1. The van der Waals surface area contributed by atoms with Crippen LogP contribution in [-0.4, -0.2) is 35.6 Å². The molecule has 0 saturated carbocycles. The molecule has 0 fully saturated rings. The maximum absolute atomic E-state index is 13.2. The fraction of sp³-hybridized carbons (Fsp3) is 0.190. The highest BCUT2D eigenvalue weighted by Gasteiger charge is 2.28. The smallest absolute Gasteiger partial charge is 0.267 e. The van der Waals surface area contributed by atoms with E-state index < -0.39 is 15.9 Å². The molecule has 30 heavy (non-hydrogen) atoms. The van der Waals surface area contributed by atoms with Crippen molar-refractivity contribution in [3.63, 3.8) is 0 Å². The third kappa shape index (κ3) is 4.27. The fourth-order valence-electron chi connectivity index (χ4n) is 2.81. The third-order valence-electron chi connectivity index (χ3n) is 4.51. The first-order chi connectivity index (χ1) is 14.3. The SMILES string of the molecule is COc1ccc(NC(=O)c2sccc2S(=O)(=O)N(C)c2ccc(C)cc2)cc1OC. The van der Waals surface area contributed by atoms with Gasteiger partial charge in [-0.15, -0.1) is 11.3 Å². The molecular formula is C21H22N2O5S2. The molecule has 1 N–H and O–H groups in total. The molecule has 0 atom stereocenters. The van der Waals surface area contributed by atoms with Crippen LogP contribution in [0, 0.1) is 6.92 Å². The number of rotatable bonds is 7. The van der Waals surface area contributed by atoms with Gasteiger partial charge in [-0.1, -0.05) is 17.7 Å². The number of amides is 1. The Morgan fingerprint density at radius 1 is 1.00 bits per heavy atom. The Kier molecular flexibility index (Phi) is 6.33. The Morgan fingerprint density at radius 3 is 2.30 bits per heavy atom. The van der Waals surface area contributed by atoms with Crippen LogP contribution in [0.3, 0.4) is 0 Å². The normalized spacial score (nSPS) is 11.1. The van der Waals surface area contributed by atoms with E-state index in [2.05, 4.69) is 5.32 Å². The van der Waals surface area contributed by atoms with Crippen molar-refractivity contribution in [1.29, 1.82) is 0 Å². The molecule has 0 spiro atoms. The van der Waals surface area contributed by atoms with Gasteiger partial charge in [-0.3, -0.25) is 9.10 Å². The summed E-state index contributed by atoms with van der Waals surface area (Å²) >= 11 is 1.06. The molecule has 2 aromatic carbocycles. The summed E-state index contributed by atoms with van der Waals surface area (Å²) < 4.78 is 37.9. The molecular weight excluding hydrogens is 424 g/mol. The molecule has 7 nitrogen and oxygen atoms in total. The molecule has 0 bridgehead atoms. The molecule has 0 aliphatic carbocycles. The predicted molar refractivity (Wildman–Crippen MR) is 119 cm³/mol. The molecule has 1 amide bonds. The van der Waals surface area contributed by atoms with Crippen molar-refractivity contribution < 1.29 is 22.7 Å². The van der Waals surface area contributed by atoms with Crippen molar-refractivity contribution in [3.8, 4) is 11.5 Å². The molecule has 1 heterocycles. The van der Waals surface area contributed by atoms with E-state index in [-0.39, 0.29) is 9.77 Å². The summed E-state index contributed by atoms with van der Waals surface area (Å²) in [6.45, 7) is 1.92. The number of methoxy groups -OCH3 is 2. The number of anilines is 2.